The highest BCUT2D eigenvalue weighted by Crippen LogP contribution is 2.14. The van der Waals surface area contributed by atoms with E-state index in [2.05, 4.69) is 10.5 Å². The number of carbonyl (C=O) groups is 1. The minimum Gasteiger partial charge on any atom is -0.409 e. The lowest BCUT2D eigenvalue weighted by Gasteiger charge is -2.23. The van der Waals surface area contributed by atoms with E-state index in [-0.39, 0.29) is 18.2 Å². The second kappa shape index (κ2) is 6.43. The highest BCUT2D eigenvalue weighted by atomic mass is 35.5. The Labute approximate surface area is 117 Å². The van der Waals surface area contributed by atoms with Crippen molar-refractivity contribution in [1.29, 1.82) is 0 Å². The molecule has 0 atom stereocenters. The molecular weight excluding hydrogens is 266 g/mol. The molecule has 0 radical (unpaired) electrons. The molecule has 1 rings (SSSR count). The van der Waals surface area contributed by atoms with Crippen LogP contribution < -0.4 is 11.1 Å². The summed E-state index contributed by atoms with van der Waals surface area (Å²) in [5.74, 6) is -0.0587. The molecule has 0 bridgehead atoms. The molecule has 0 saturated heterocycles. The van der Waals surface area contributed by atoms with Crippen molar-refractivity contribution in [2.45, 2.75) is 20.3 Å². The van der Waals surface area contributed by atoms with Gasteiger partial charge < -0.3 is 16.3 Å². The van der Waals surface area contributed by atoms with Crippen LogP contribution >= 0.6 is 11.6 Å². The quantitative estimate of drug-likeness (QED) is 0.333. The standard InChI is InChI=1S/C13H18ClN3O2/c1-13(2,12(15)17-19)8-16-11(18)7-9-4-3-5-10(14)6-9/h3-6,19H,7-8H2,1-2H3,(H2,15,17)(H,16,18). The molecule has 0 aliphatic heterocycles. The molecule has 0 fully saturated rings. The number of carbonyl (C=O) groups excluding carboxylic acids is 1. The van der Waals surface area contributed by atoms with Crippen LogP contribution in [0.3, 0.4) is 0 Å². The molecule has 104 valence electrons. The number of halogens is 1. The fourth-order valence-electron chi connectivity index (χ4n) is 1.44. The smallest absolute Gasteiger partial charge is 0.224 e. The third-order valence-electron chi connectivity index (χ3n) is 2.78. The zero-order chi connectivity index (χ0) is 14.5. The van der Waals surface area contributed by atoms with Gasteiger partial charge in [-0.15, -0.1) is 0 Å². The van der Waals surface area contributed by atoms with Crippen LogP contribution in [0.1, 0.15) is 19.4 Å². The van der Waals surface area contributed by atoms with E-state index in [0.717, 1.165) is 5.56 Å². The van der Waals surface area contributed by atoms with Gasteiger partial charge in [0.2, 0.25) is 5.91 Å². The molecular formula is C13H18ClN3O2. The molecule has 0 heterocycles. The highest BCUT2D eigenvalue weighted by Gasteiger charge is 2.24. The van der Waals surface area contributed by atoms with Gasteiger partial charge in [0, 0.05) is 17.0 Å². The van der Waals surface area contributed by atoms with Gasteiger partial charge >= 0.3 is 0 Å². The Bertz CT molecular complexity index is 487. The largest absolute Gasteiger partial charge is 0.409 e. The lowest BCUT2D eigenvalue weighted by Crippen LogP contribution is -2.43. The van der Waals surface area contributed by atoms with Crippen LogP contribution in [0.4, 0.5) is 0 Å². The summed E-state index contributed by atoms with van der Waals surface area (Å²) in [5.41, 5.74) is 5.78. The van der Waals surface area contributed by atoms with Gasteiger partial charge in [-0.05, 0) is 17.7 Å². The molecule has 6 heteroatoms. The number of nitrogens with zero attached hydrogens (tertiary/aromatic N) is 1. The first kappa shape index (κ1) is 15.3. The lowest BCUT2D eigenvalue weighted by molar-refractivity contribution is -0.120. The number of amidine groups is 1. The molecule has 4 N–H and O–H groups in total. The number of nitrogens with one attached hydrogen (secondary N) is 1. The van der Waals surface area contributed by atoms with Gasteiger partial charge in [0.15, 0.2) is 0 Å². The molecule has 19 heavy (non-hydrogen) atoms. The van der Waals surface area contributed by atoms with Crippen molar-refractivity contribution >= 4 is 23.3 Å². The number of hydrogen-bond donors (Lipinski definition) is 3. The Morgan fingerprint density at radius 1 is 1.53 bits per heavy atom. The summed E-state index contributed by atoms with van der Waals surface area (Å²) in [4.78, 5) is 11.8. The Kier molecular flexibility index (Phi) is 5.18. The average Bonchev–Trinajstić information content (AvgIpc) is 2.35. The predicted octanol–water partition coefficient (Wildman–Crippen LogP) is 1.77. The lowest BCUT2D eigenvalue weighted by atomic mass is 9.92. The molecule has 0 aromatic heterocycles. The van der Waals surface area contributed by atoms with E-state index in [4.69, 9.17) is 22.5 Å². The Hall–Kier alpha value is -1.75. The zero-order valence-electron chi connectivity index (χ0n) is 11.0. The first-order valence-corrected chi connectivity index (χ1v) is 6.22. The number of nitrogens with two attached hydrogens (primary N) is 1. The third-order valence-corrected chi connectivity index (χ3v) is 3.02. The van der Waals surface area contributed by atoms with E-state index in [1.54, 1.807) is 32.0 Å². The van der Waals surface area contributed by atoms with E-state index in [9.17, 15) is 4.79 Å². The van der Waals surface area contributed by atoms with Crippen molar-refractivity contribution in [3.63, 3.8) is 0 Å². The molecule has 0 saturated carbocycles. The van der Waals surface area contributed by atoms with Gasteiger partial charge in [-0.25, -0.2) is 0 Å². The van der Waals surface area contributed by atoms with Gasteiger partial charge in [-0.1, -0.05) is 42.7 Å². The fraction of sp³-hybridized carbons (Fsp3) is 0.385. The monoisotopic (exact) mass is 283 g/mol. The summed E-state index contributed by atoms with van der Waals surface area (Å²) >= 11 is 5.85. The van der Waals surface area contributed by atoms with Crippen LogP contribution in [-0.4, -0.2) is 23.5 Å². The van der Waals surface area contributed by atoms with Gasteiger partial charge in [0.25, 0.3) is 0 Å². The molecule has 5 nitrogen and oxygen atoms in total. The van der Waals surface area contributed by atoms with Crippen LogP contribution in [0.25, 0.3) is 0 Å². The number of oxime groups is 1. The maximum Gasteiger partial charge on any atom is 0.224 e. The van der Waals surface area contributed by atoms with Gasteiger partial charge in [-0.3, -0.25) is 4.79 Å². The van der Waals surface area contributed by atoms with E-state index < -0.39 is 5.41 Å². The van der Waals surface area contributed by atoms with Crippen molar-refractivity contribution in [2.75, 3.05) is 6.54 Å². The molecule has 0 aliphatic rings. The maximum absolute atomic E-state index is 11.8. The molecule has 1 amide bonds. The van der Waals surface area contributed by atoms with E-state index >= 15 is 0 Å². The van der Waals surface area contributed by atoms with Crippen LogP contribution in [0.15, 0.2) is 29.4 Å². The summed E-state index contributed by atoms with van der Waals surface area (Å²) in [6.07, 6.45) is 0.243. The van der Waals surface area contributed by atoms with Crippen molar-refractivity contribution in [3.8, 4) is 0 Å². The van der Waals surface area contributed by atoms with E-state index in [1.807, 2.05) is 6.07 Å². The van der Waals surface area contributed by atoms with Crippen molar-refractivity contribution in [1.82, 2.24) is 5.32 Å². The van der Waals surface area contributed by atoms with Crippen molar-refractivity contribution in [2.24, 2.45) is 16.3 Å². The minimum absolute atomic E-state index is 0.0792. The second-order valence-corrected chi connectivity index (χ2v) is 5.39. The minimum atomic E-state index is -0.598. The zero-order valence-corrected chi connectivity index (χ0v) is 11.7. The third kappa shape index (κ3) is 4.79. The SMILES string of the molecule is CC(C)(CNC(=O)Cc1cccc(Cl)c1)/C(N)=N/O. The van der Waals surface area contributed by atoms with Crippen LogP contribution in [0.2, 0.25) is 5.02 Å². The van der Waals surface area contributed by atoms with E-state index in [1.165, 1.54) is 0 Å². The fourth-order valence-corrected chi connectivity index (χ4v) is 1.65. The molecule has 0 unspecified atom stereocenters. The normalized spacial score (nSPS) is 12.3. The number of hydrogen-bond acceptors (Lipinski definition) is 3. The summed E-state index contributed by atoms with van der Waals surface area (Å²) in [6.45, 7) is 3.85. The topological polar surface area (TPSA) is 87.7 Å². The Morgan fingerprint density at radius 3 is 2.79 bits per heavy atom. The Balaban J connectivity index is 2.53. The summed E-state index contributed by atoms with van der Waals surface area (Å²) < 4.78 is 0. The Morgan fingerprint density at radius 2 is 2.21 bits per heavy atom. The van der Waals surface area contributed by atoms with E-state index in [0.29, 0.717) is 11.6 Å². The number of amides is 1. The van der Waals surface area contributed by atoms with Gasteiger partial charge in [-0.2, -0.15) is 0 Å². The molecule has 1 aromatic carbocycles. The summed E-state index contributed by atoms with van der Waals surface area (Å²) in [5, 5.41) is 14.9. The predicted molar refractivity (Wildman–Crippen MR) is 75.4 cm³/mol. The van der Waals surface area contributed by atoms with Gasteiger partial charge in [0.1, 0.15) is 5.84 Å². The molecule has 0 spiro atoms. The molecule has 0 aliphatic carbocycles. The summed E-state index contributed by atoms with van der Waals surface area (Å²) in [6, 6.07) is 7.13. The second-order valence-electron chi connectivity index (χ2n) is 4.95. The first-order chi connectivity index (χ1) is 8.85. The van der Waals surface area contributed by atoms with Crippen LogP contribution in [0.5, 0.6) is 0 Å². The maximum atomic E-state index is 11.8. The van der Waals surface area contributed by atoms with Crippen molar-refractivity contribution < 1.29 is 10.0 Å². The average molecular weight is 284 g/mol. The van der Waals surface area contributed by atoms with Crippen molar-refractivity contribution in [3.05, 3.63) is 34.9 Å². The number of rotatable bonds is 5. The molecule has 1 aromatic rings. The highest BCUT2D eigenvalue weighted by molar-refractivity contribution is 6.30. The van der Waals surface area contributed by atoms with Crippen LogP contribution in [-0.2, 0) is 11.2 Å². The van der Waals surface area contributed by atoms with Crippen LogP contribution in [0, 0.1) is 5.41 Å². The summed E-state index contributed by atoms with van der Waals surface area (Å²) in [7, 11) is 0. The van der Waals surface area contributed by atoms with Gasteiger partial charge in [0.05, 0.1) is 6.42 Å². The number of benzene rings is 1. The first-order valence-electron chi connectivity index (χ1n) is 5.84.